The van der Waals surface area contributed by atoms with Crippen molar-refractivity contribution in [3.63, 3.8) is 0 Å². The van der Waals surface area contributed by atoms with Crippen molar-refractivity contribution < 1.29 is 24.6 Å². The number of carbonyl (C=O) groups is 3. The zero-order chi connectivity index (χ0) is 13.5. The second-order valence-electron chi connectivity index (χ2n) is 3.28. The van der Waals surface area contributed by atoms with Crippen molar-refractivity contribution >= 4 is 29.3 Å². The Labute approximate surface area is 106 Å². The third-order valence-corrected chi connectivity index (χ3v) is 2.67. The Balaban J connectivity index is 2.41. The van der Waals surface area contributed by atoms with Gasteiger partial charge in [0.25, 0.3) is 0 Å². The molecule has 0 aliphatic rings. The molecule has 0 aromatic carbocycles. The Hall–Kier alpha value is -2.16. The minimum absolute atomic E-state index is 0.204. The molecule has 1 heterocycles. The highest BCUT2D eigenvalue weighted by molar-refractivity contribution is 7.09. The van der Waals surface area contributed by atoms with Gasteiger partial charge in [-0.3, -0.25) is 9.78 Å². The summed E-state index contributed by atoms with van der Waals surface area (Å²) in [6, 6.07) is -2.19. The van der Waals surface area contributed by atoms with Gasteiger partial charge in [-0.05, 0) is 0 Å². The average molecular weight is 273 g/mol. The fourth-order valence-electron chi connectivity index (χ4n) is 1.08. The van der Waals surface area contributed by atoms with Gasteiger partial charge in [0.05, 0.1) is 18.5 Å². The molecule has 9 heteroatoms. The number of amides is 2. The van der Waals surface area contributed by atoms with Crippen LogP contribution in [-0.4, -0.2) is 39.2 Å². The van der Waals surface area contributed by atoms with Crippen molar-refractivity contribution in [1.29, 1.82) is 0 Å². The number of carboxylic acid groups (broad SMARTS) is 2. The first-order chi connectivity index (χ1) is 8.49. The van der Waals surface area contributed by atoms with Gasteiger partial charge < -0.3 is 20.8 Å². The molecule has 1 rings (SSSR count). The fourth-order valence-corrected chi connectivity index (χ4v) is 1.62. The summed E-state index contributed by atoms with van der Waals surface area (Å²) in [5.41, 5.74) is 1.60. The van der Waals surface area contributed by atoms with Crippen molar-refractivity contribution in [2.75, 3.05) is 0 Å². The van der Waals surface area contributed by atoms with Crippen LogP contribution in [0.2, 0.25) is 0 Å². The molecule has 2 amide bonds. The molecule has 0 fully saturated rings. The molecule has 4 N–H and O–H groups in total. The van der Waals surface area contributed by atoms with Crippen LogP contribution in [0, 0.1) is 0 Å². The molecule has 0 spiro atoms. The topological polar surface area (TPSA) is 129 Å². The third-order valence-electron chi connectivity index (χ3n) is 1.89. The van der Waals surface area contributed by atoms with Crippen LogP contribution in [-0.2, 0) is 16.1 Å². The summed E-state index contributed by atoms with van der Waals surface area (Å²) < 4.78 is 0. The van der Waals surface area contributed by atoms with Crippen LogP contribution in [0.25, 0.3) is 0 Å². The summed E-state index contributed by atoms with van der Waals surface area (Å²) in [6.07, 6.45) is 0.889. The molecule has 0 saturated heterocycles. The molecule has 1 aromatic heterocycles. The Morgan fingerprint density at radius 1 is 1.39 bits per heavy atom. The zero-order valence-corrected chi connectivity index (χ0v) is 9.94. The van der Waals surface area contributed by atoms with Crippen molar-refractivity contribution in [1.82, 2.24) is 15.6 Å². The maximum atomic E-state index is 11.3. The number of hydrogen-bond donors (Lipinski definition) is 4. The van der Waals surface area contributed by atoms with Gasteiger partial charge in [-0.25, -0.2) is 9.59 Å². The molecule has 0 unspecified atom stereocenters. The van der Waals surface area contributed by atoms with E-state index in [9.17, 15) is 14.4 Å². The van der Waals surface area contributed by atoms with Crippen LogP contribution >= 0.6 is 11.3 Å². The van der Waals surface area contributed by atoms with Gasteiger partial charge in [0.15, 0.2) is 0 Å². The number of aliphatic carboxylic acids is 2. The number of carbonyl (C=O) groups excluding carboxylic acids is 1. The summed E-state index contributed by atoms with van der Waals surface area (Å²) in [4.78, 5) is 37.0. The van der Waals surface area contributed by atoms with E-state index in [1.165, 1.54) is 11.3 Å². The number of aromatic nitrogens is 1. The normalized spacial score (nSPS) is 11.6. The molecule has 1 aromatic rings. The predicted octanol–water partition coefficient (Wildman–Crippen LogP) is -0.130. The van der Waals surface area contributed by atoms with Crippen LogP contribution in [0.15, 0.2) is 11.7 Å². The van der Waals surface area contributed by atoms with E-state index >= 15 is 0 Å². The molecule has 1 atom stereocenters. The van der Waals surface area contributed by atoms with E-state index in [-0.39, 0.29) is 6.54 Å². The summed E-state index contributed by atoms with van der Waals surface area (Å²) >= 11 is 1.34. The summed E-state index contributed by atoms with van der Waals surface area (Å²) in [7, 11) is 0. The lowest BCUT2D eigenvalue weighted by atomic mass is 10.2. The summed E-state index contributed by atoms with van der Waals surface area (Å²) in [5.74, 6) is -2.70. The van der Waals surface area contributed by atoms with E-state index in [4.69, 9.17) is 10.2 Å². The lowest BCUT2D eigenvalue weighted by molar-refractivity contribution is -0.145. The van der Waals surface area contributed by atoms with Gasteiger partial charge in [0.2, 0.25) is 0 Å². The van der Waals surface area contributed by atoms with Crippen LogP contribution in [0.5, 0.6) is 0 Å². The number of hydrogen-bond acceptors (Lipinski definition) is 5. The number of urea groups is 1. The maximum absolute atomic E-state index is 11.3. The first-order valence-electron chi connectivity index (χ1n) is 4.85. The van der Waals surface area contributed by atoms with Gasteiger partial charge in [-0.1, -0.05) is 0 Å². The highest BCUT2D eigenvalue weighted by Gasteiger charge is 2.22. The quantitative estimate of drug-likeness (QED) is 0.571. The van der Waals surface area contributed by atoms with Crippen LogP contribution in [0.3, 0.4) is 0 Å². The molecular weight excluding hydrogens is 262 g/mol. The highest BCUT2D eigenvalue weighted by Crippen LogP contribution is 2.03. The number of thiazole rings is 1. The minimum atomic E-state index is -1.45. The first-order valence-corrected chi connectivity index (χ1v) is 5.73. The van der Waals surface area contributed by atoms with Crippen molar-refractivity contribution in [3.8, 4) is 0 Å². The number of rotatable bonds is 6. The molecule has 0 saturated carbocycles. The predicted molar refractivity (Wildman–Crippen MR) is 61.2 cm³/mol. The molecule has 18 heavy (non-hydrogen) atoms. The highest BCUT2D eigenvalue weighted by atomic mass is 32.1. The van der Waals surface area contributed by atoms with E-state index in [1.54, 1.807) is 11.7 Å². The molecule has 0 bridgehead atoms. The van der Waals surface area contributed by atoms with Gasteiger partial charge in [-0.2, -0.15) is 0 Å². The lowest BCUT2D eigenvalue weighted by Crippen LogP contribution is -2.46. The van der Waals surface area contributed by atoms with E-state index in [0.29, 0.717) is 0 Å². The van der Waals surface area contributed by atoms with E-state index in [2.05, 4.69) is 15.6 Å². The number of nitrogens with one attached hydrogen (secondary N) is 2. The Kier molecular flexibility index (Phi) is 5.06. The summed E-state index contributed by atoms with van der Waals surface area (Å²) in [5, 5.41) is 21.7. The van der Waals surface area contributed by atoms with E-state index in [1.807, 2.05) is 0 Å². The van der Waals surface area contributed by atoms with Gasteiger partial charge in [0, 0.05) is 11.1 Å². The molecule has 0 aliphatic heterocycles. The van der Waals surface area contributed by atoms with Crippen molar-refractivity contribution in [2.24, 2.45) is 0 Å². The van der Waals surface area contributed by atoms with Crippen LogP contribution < -0.4 is 10.6 Å². The van der Waals surface area contributed by atoms with Crippen molar-refractivity contribution in [2.45, 2.75) is 19.0 Å². The van der Waals surface area contributed by atoms with Crippen LogP contribution in [0.1, 0.15) is 11.3 Å². The minimum Gasteiger partial charge on any atom is -0.481 e. The number of carboxylic acids is 2. The largest absolute Gasteiger partial charge is 0.481 e. The second kappa shape index (κ2) is 6.55. The average Bonchev–Trinajstić information content (AvgIpc) is 2.77. The Morgan fingerprint density at radius 3 is 2.61 bits per heavy atom. The Morgan fingerprint density at radius 2 is 2.11 bits per heavy atom. The van der Waals surface area contributed by atoms with E-state index < -0.39 is 30.4 Å². The second-order valence-corrected chi connectivity index (χ2v) is 4.25. The first kappa shape index (κ1) is 13.9. The number of nitrogens with zero attached hydrogens (tertiary/aromatic N) is 1. The maximum Gasteiger partial charge on any atom is 0.326 e. The smallest absolute Gasteiger partial charge is 0.326 e. The van der Waals surface area contributed by atoms with E-state index in [0.717, 1.165) is 4.88 Å². The SMILES string of the molecule is O=C(O)C[C@H](NC(=O)NCc1cncs1)C(=O)O. The molecule has 98 valence electrons. The standard InChI is InChI=1S/C9H11N3O5S/c13-7(14)1-6(8(15)16)12-9(17)11-3-5-2-10-4-18-5/h2,4,6H,1,3H2,(H,13,14)(H,15,16)(H2,11,12,17)/t6-/m0/s1. The fraction of sp³-hybridized carbons (Fsp3) is 0.333. The van der Waals surface area contributed by atoms with Gasteiger partial charge >= 0.3 is 18.0 Å². The lowest BCUT2D eigenvalue weighted by Gasteiger charge is -2.12. The molecule has 0 aliphatic carbocycles. The molecule has 0 radical (unpaired) electrons. The molecular formula is C9H11N3O5S. The van der Waals surface area contributed by atoms with Crippen molar-refractivity contribution in [3.05, 3.63) is 16.6 Å². The molecule has 8 nitrogen and oxygen atoms in total. The van der Waals surface area contributed by atoms with Gasteiger partial charge in [0.1, 0.15) is 6.04 Å². The van der Waals surface area contributed by atoms with Crippen LogP contribution in [0.4, 0.5) is 4.79 Å². The zero-order valence-electron chi connectivity index (χ0n) is 9.12. The summed E-state index contributed by atoms with van der Waals surface area (Å²) in [6.45, 7) is 0.204. The Bertz CT molecular complexity index is 433. The third kappa shape index (κ3) is 4.78. The van der Waals surface area contributed by atoms with Gasteiger partial charge in [-0.15, -0.1) is 11.3 Å². The monoisotopic (exact) mass is 273 g/mol.